The van der Waals surface area contributed by atoms with E-state index in [1.54, 1.807) is 12.1 Å². The minimum atomic E-state index is -4.98. The molecule has 0 saturated carbocycles. The van der Waals surface area contributed by atoms with E-state index < -0.39 is 29.9 Å². The van der Waals surface area contributed by atoms with E-state index >= 15 is 0 Å². The summed E-state index contributed by atoms with van der Waals surface area (Å²) in [6, 6.07) is 5.28. The predicted octanol–water partition coefficient (Wildman–Crippen LogP) is 4.98. The van der Waals surface area contributed by atoms with Gasteiger partial charge in [0, 0.05) is 29.0 Å². The number of rotatable bonds is 6. The molecule has 166 valence electrons. The van der Waals surface area contributed by atoms with Crippen molar-refractivity contribution in [1.82, 2.24) is 4.98 Å². The lowest BCUT2D eigenvalue weighted by Crippen LogP contribution is -2.32. The Bertz CT molecular complexity index is 1000. The minimum Gasteiger partial charge on any atom is -0.489 e. The van der Waals surface area contributed by atoms with Gasteiger partial charge in [0.1, 0.15) is 36.6 Å². The molecule has 0 bridgehead atoms. The summed E-state index contributed by atoms with van der Waals surface area (Å²) in [5, 5.41) is 0. The molecule has 2 heterocycles. The molecule has 0 spiro atoms. The van der Waals surface area contributed by atoms with Crippen LogP contribution in [0.4, 0.5) is 26.3 Å². The Morgan fingerprint density at radius 3 is 2.58 bits per heavy atom. The highest BCUT2D eigenvalue weighted by Crippen LogP contribution is 2.37. The third kappa shape index (κ3) is 5.47. The number of benzene rings is 1. The number of hydrogen-bond donors (Lipinski definition) is 0. The molecule has 1 aromatic heterocycles. The molecule has 1 aliphatic heterocycles. The third-order valence-electron chi connectivity index (χ3n) is 4.24. The van der Waals surface area contributed by atoms with Crippen molar-refractivity contribution in [2.75, 3.05) is 6.61 Å². The van der Waals surface area contributed by atoms with Crippen LogP contribution >= 0.6 is 0 Å². The Hall–Kier alpha value is -3.24. The number of nitrogens with zero attached hydrogens (tertiary/aromatic N) is 1. The van der Waals surface area contributed by atoms with Gasteiger partial charge in [-0.1, -0.05) is 0 Å². The van der Waals surface area contributed by atoms with E-state index in [1.807, 2.05) is 0 Å². The van der Waals surface area contributed by atoms with Gasteiger partial charge in [-0.25, -0.2) is 4.98 Å². The van der Waals surface area contributed by atoms with Crippen LogP contribution in [-0.4, -0.2) is 30.2 Å². The molecule has 0 radical (unpaired) electrons. The summed E-state index contributed by atoms with van der Waals surface area (Å²) in [4.78, 5) is 14.2. The van der Waals surface area contributed by atoms with E-state index in [0.717, 1.165) is 6.20 Å². The van der Waals surface area contributed by atoms with Gasteiger partial charge in [-0.05, 0) is 31.2 Å². The smallest absolute Gasteiger partial charge is 0.425 e. The van der Waals surface area contributed by atoms with Gasteiger partial charge in [0.15, 0.2) is 6.10 Å². The summed E-state index contributed by atoms with van der Waals surface area (Å²) in [7, 11) is 0. The van der Waals surface area contributed by atoms with Crippen molar-refractivity contribution < 1.29 is 45.3 Å². The fourth-order valence-corrected chi connectivity index (χ4v) is 2.59. The molecule has 0 N–H and O–H groups in total. The summed E-state index contributed by atoms with van der Waals surface area (Å²) in [6.07, 6.45) is -9.04. The largest absolute Gasteiger partial charge is 0.489 e. The summed E-state index contributed by atoms with van der Waals surface area (Å²) in [6.45, 7) is 0.334. The number of carbonyl (C=O) groups excluding carboxylic acids is 1. The monoisotopic (exact) mass is 447 g/mol. The number of pyridine rings is 1. The highest BCUT2D eigenvalue weighted by atomic mass is 19.4. The van der Waals surface area contributed by atoms with Crippen molar-refractivity contribution in [3.8, 4) is 17.4 Å². The minimum absolute atomic E-state index is 0.0267. The molecule has 0 saturated heterocycles. The van der Waals surface area contributed by atoms with Crippen molar-refractivity contribution in [3.63, 3.8) is 0 Å². The molecule has 0 amide bonds. The van der Waals surface area contributed by atoms with Gasteiger partial charge in [-0.3, -0.25) is 4.79 Å². The summed E-state index contributed by atoms with van der Waals surface area (Å²) in [5.74, 6) is -0.454. The van der Waals surface area contributed by atoms with Crippen LogP contribution in [0, 0.1) is 0 Å². The first kappa shape index (κ1) is 22.4. The van der Waals surface area contributed by atoms with Crippen LogP contribution in [0.1, 0.15) is 23.6 Å². The molecule has 2 aromatic rings. The second kappa shape index (κ2) is 8.48. The first-order chi connectivity index (χ1) is 14.5. The Balaban J connectivity index is 1.77. The number of fused-ring (bicyclic) bond motifs is 1. The molecule has 1 aliphatic rings. The molecule has 31 heavy (non-hydrogen) atoms. The second-order valence-electron chi connectivity index (χ2n) is 6.61. The van der Waals surface area contributed by atoms with Gasteiger partial charge in [-0.2, -0.15) is 26.3 Å². The lowest BCUT2D eigenvalue weighted by molar-refractivity contribution is -0.192. The van der Waals surface area contributed by atoms with E-state index in [2.05, 4.69) is 9.72 Å². The summed E-state index contributed by atoms with van der Waals surface area (Å²) in [5.41, 5.74) is -0.373. The Kier molecular flexibility index (Phi) is 6.14. The summed E-state index contributed by atoms with van der Waals surface area (Å²) < 4.78 is 93.0. The number of ether oxygens (including phenoxy) is 3. The Labute approximate surface area is 172 Å². The maximum atomic E-state index is 13.3. The average molecular weight is 447 g/mol. The molecular formula is C20H15F6NO4. The molecule has 11 heteroatoms. The standard InChI is InChI=1S/C20H15F6NO4/c1-11(19(21,22)23)31-18-16(20(24,25)26)5-12(7-27-18)9-29-15-3-2-14-4-13(8-28)10-30-17(14)6-15/h2-8,11H,9-10H2,1H3/t11-/m0/s1. The Morgan fingerprint density at radius 1 is 1.19 bits per heavy atom. The van der Waals surface area contributed by atoms with Crippen molar-refractivity contribution in [1.29, 1.82) is 0 Å². The number of alkyl halides is 6. The normalized spacial score (nSPS) is 14.7. The zero-order chi connectivity index (χ0) is 22.8. The van der Waals surface area contributed by atoms with Crippen LogP contribution < -0.4 is 14.2 Å². The molecule has 0 aliphatic carbocycles. The topological polar surface area (TPSA) is 57.6 Å². The number of aromatic nitrogens is 1. The van der Waals surface area contributed by atoms with Crippen LogP contribution in [0.3, 0.4) is 0 Å². The number of halogens is 6. The van der Waals surface area contributed by atoms with Gasteiger partial charge in [-0.15, -0.1) is 0 Å². The van der Waals surface area contributed by atoms with Gasteiger partial charge in [0.25, 0.3) is 0 Å². The fraction of sp³-hybridized carbons (Fsp3) is 0.300. The van der Waals surface area contributed by atoms with E-state index in [-0.39, 0.29) is 24.5 Å². The summed E-state index contributed by atoms with van der Waals surface area (Å²) >= 11 is 0. The zero-order valence-corrected chi connectivity index (χ0v) is 15.9. The van der Waals surface area contributed by atoms with Crippen molar-refractivity contribution >= 4 is 12.4 Å². The van der Waals surface area contributed by atoms with Gasteiger partial charge in [0.05, 0.1) is 0 Å². The average Bonchev–Trinajstić information content (AvgIpc) is 2.70. The number of hydrogen-bond acceptors (Lipinski definition) is 5. The maximum Gasteiger partial charge on any atom is 0.425 e. The lowest BCUT2D eigenvalue weighted by Gasteiger charge is -2.20. The van der Waals surface area contributed by atoms with Crippen LogP contribution in [0.25, 0.3) is 6.08 Å². The lowest BCUT2D eigenvalue weighted by atomic mass is 10.1. The van der Waals surface area contributed by atoms with E-state index in [1.165, 1.54) is 12.1 Å². The number of aldehydes is 1. The van der Waals surface area contributed by atoms with E-state index in [0.29, 0.717) is 36.2 Å². The zero-order valence-electron chi connectivity index (χ0n) is 15.9. The fourth-order valence-electron chi connectivity index (χ4n) is 2.59. The third-order valence-corrected chi connectivity index (χ3v) is 4.24. The van der Waals surface area contributed by atoms with Crippen molar-refractivity contribution in [2.24, 2.45) is 0 Å². The predicted molar refractivity (Wildman–Crippen MR) is 95.7 cm³/mol. The molecular weight excluding hydrogens is 432 g/mol. The van der Waals surface area contributed by atoms with Crippen LogP contribution in [-0.2, 0) is 17.6 Å². The van der Waals surface area contributed by atoms with Crippen LogP contribution in [0.2, 0.25) is 0 Å². The second-order valence-corrected chi connectivity index (χ2v) is 6.61. The van der Waals surface area contributed by atoms with Crippen LogP contribution in [0.5, 0.6) is 17.4 Å². The highest BCUT2D eigenvalue weighted by Gasteiger charge is 2.41. The van der Waals surface area contributed by atoms with Gasteiger partial charge in [0.2, 0.25) is 5.88 Å². The SMILES string of the molecule is C[C@H](Oc1ncc(COc2ccc3c(c2)OCC(C=O)=C3)cc1C(F)(F)F)C(F)(F)F. The molecule has 1 atom stereocenters. The van der Waals surface area contributed by atoms with Crippen molar-refractivity contribution in [3.05, 3.63) is 52.7 Å². The van der Waals surface area contributed by atoms with E-state index in [4.69, 9.17) is 9.47 Å². The highest BCUT2D eigenvalue weighted by molar-refractivity contribution is 5.84. The first-order valence-corrected chi connectivity index (χ1v) is 8.82. The quantitative estimate of drug-likeness (QED) is 0.462. The van der Waals surface area contributed by atoms with Gasteiger partial charge < -0.3 is 14.2 Å². The molecule has 0 fully saturated rings. The first-order valence-electron chi connectivity index (χ1n) is 8.82. The van der Waals surface area contributed by atoms with E-state index in [9.17, 15) is 31.1 Å². The molecule has 5 nitrogen and oxygen atoms in total. The molecule has 3 rings (SSSR count). The van der Waals surface area contributed by atoms with Crippen molar-refractivity contribution in [2.45, 2.75) is 32.0 Å². The van der Waals surface area contributed by atoms with Crippen LogP contribution in [0.15, 0.2) is 36.0 Å². The van der Waals surface area contributed by atoms with Gasteiger partial charge >= 0.3 is 12.4 Å². The maximum absolute atomic E-state index is 13.3. The molecule has 1 aromatic carbocycles. The molecule has 0 unspecified atom stereocenters. The number of carbonyl (C=O) groups is 1. The Morgan fingerprint density at radius 2 is 1.94 bits per heavy atom.